The molecule has 0 unspecified atom stereocenters. The van der Waals surface area contributed by atoms with Crippen molar-refractivity contribution < 1.29 is 14.3 Å². The molecule has 23 heavy (non-hydrogen) atoms. The first-order valence-electron chi connectivity index (χ1n) is 8.93. The molecule has 3 nitrogen and oxygen atoms in total. The molecule has 1 heterocycles. The van der Waals surface area contributed by atoms with Gasteiger partial charge in [0.15, 0.2) is 0 Å². The molecule has 5 rings (SSSR count). The summed E-state index contributed by atoms with van der Waals surface area (Å²) in [5.74, 6) is 1.22. The van der Waals surface area contributed by atoms with Gasteiger partial charge in [-0.25, -0.2) is 0 Å². The molecule has 6 atom stereocenters. The molecule has 4 aliphatic rings. The van der Waals surface area contributed by atoms with E-state index in [1.807, 2.05) is 0 Å². The summed E-state index contributed by atoms with van der Waals surface area (Å²) >= 11 is 0. The van der Waals surface area contributed by atoms with Crippen molar-refractivity contribution in [1.29, 1.82) is 0 Å². The minimum Gasteiger partial charge on any atom is -0.458 e. The van der Waals surface area contributed by atoms with Crippen molar-refractivity contribution in [2.24, 2.45) is 23.7 Å². The van der Waals surface area contributed by atoms with Gasteiger partial charge in [-0.3, -0.25) is 9.59 Å². The number of ketones is 1. The zero-order valence-corrected chi connectivity index (χ0v) is 13.5. The lowest BCUT2D eigenvalue weighted by Gasteiger charge is -2.47. The molecule has 0 amide bonds. The Morgan fingerprint density at radius 2 is 2.04 bits per heavy atom. The second kappa shape index (κ2) is 4.46. The van der Waals surface area contributed by atoms with E-state index < -0.39 is 5.60 Å². The lowest BCUT2D eigenvalue weighted by atomic mass is 9.55. The van der Waals surface area contributed by atoms with E-state index >= 15 is 0 Å². The molecule has 1 aromatic carbocycles. The molecular formula is C20H22O3. The Balaban J connectivity index is 1.64. The van der Waals surface area contributed by atoms with Crippen LogP contribution in [0.25, 0.3) is 0 Å². The third kappa shape index (κ3) is 1.61. The predicted octanol–water partition coefficient (Wildman–Crippen LogP) is 3.26. The van der Waals surface area contributed by atoms with E-state index in [9.17, 15) is 9.59 Å². The number of Topliss-reactive ketones (excluding diaryl/α,β-unsaturated/α-hetero) is 1. The highest BCUT2D eigenvalue weighted by Crippen LogP contribution is 2.65. The van der Waals surface area contributed by atoms with Gasteiger partial charge in [0.05, 0.1) is 11.8 Å². The van der Waals surface area contributed by atoms with E-state index in [0.29, 0.717) is 17.8 Å². The molecule has 1 saturated heterocycles. The van der Waals surface area contributed by atoms with Gasteiger partial charge in [0.2, 0.25) is 0 Å². The highest BCUT2D eigenvalue weighted by atomic mass is 16.6. The number of carbonyl (C=O) groups is 2. The Kier molecular flexibility index (Phi) is 2.67. The van der Waals surface area contributed by atoms with Crippen molar-refractivity contribution >= 4 is 11.8 Å². The minimum absolute atomic E-state index is 0.0438. The molecule has 1 aromatic rings. The number of ether oxygens (including phenoxy) is 1. The standard InChI is InChI=1S/C20H22O3/c1-11(21)16-8-9-17-14-7-6-12-4-2-3-5-13(12)18(14)15-10-20(16,17)23-19(15)22/h2-5,14-18H,6-10H2,1H3/t14-,15-,16+,17-,18+,20-/m0/s1. The number of rotatable bonds is 1. The van der Waals surface area contributed by atoms with E-state index in [2.05, 4.69) is 24.3 Å². The first-order valence-corrected chi connectivity index (χ1v) is 8.93. The highest BCUT2D eigenvalue weighted by Gasteiger charge is 2.68. The number of carbonyl (C=O) groups excluding carboxylic acids is 2. The Labute approximate surface area is 136 Å². The van der Waals surface area contributed by atoms with Gasteiger partial charge in [-0.05, 0) is 49.7 Å². The molecule has 120 valence electrons. The zero-order valence-electron chi connectivity index (χ0n) is 13.5. The summed E-state index contributed by atoms with van der Waals surface area (Å²) in [5, 5.41) is 0. The van der Waals surface area contributed by atoms with Crippen LogP contribution in [0.2, 0.25) is 0 Å². The summed E-state index contributed by atoms with van der Waals surface area (Å²) in [6, 6.07) is 8.61. The second-order valence-electron chi connectivity index (χ2n) is 7.96. The number of hydrogen-bond donors (Lipinski definition) is 0. The summed E-state index contributed by atoms with van der Waals surface area (Å²) in [7, 11) is 0. The van der Waals surface area contributed by atoms with Gasteiger partial charge >= 0.3 is 5.97 Å². The fourth-order valence-electron chi connectivity index (χ4n) is 6.45. The van der Waals surface area contributed by atoms with Crippen LogP contribution in [-0.4, -0.2) is 17.4 Å². The lowest BCUT2D eigenvalue weighted by molar-refractivity contribution is -0.158. The number of esters is 1. The van der Waals surface area contributed by atoms with Gasteiger partial charge in [0.1, 0.15) is 11.4 Å². The lowest BCUT2D eigenvalue weighted by Crippen LogP contribution is -2.50. The molecule has 0 N–H and O–H groups in total. The fourth-order valence-corrected chi connectivity index (χ4v) is 6.45. The Bertz CT molecular complexity index is 709. The molecule has 1 aliphatic heterocycles. The van der Waals surface area contributed by atoms with Gasteiger partial charge in [-0.1, -0.05) is 24.3 Å². The van der Waals surface area contributed by atoms with Crippen molar-refractivity contribution in [2.75, 3.05) is 0 Å². The van der Waals surface area contributed by atoms with E-state index in [1.165, 1.54) is 11.1 Å². The predicted molar refractivity (Wildman–Crippen MR) is 84.8 cm³/mol. The van der Waals surface area contributed by atoms with E-state index in [0.717, 1.165) is 32.1 Å². The van der Waals surface area contributed by atoms with Crippen LogP contribution in [0.5, 0.6) is 0 Å². The largest absolute Gasteiger partial charge is 0.458 e. The zero-order chi connectivity index (χ0) is 15.8. The molecule has 0 radical (unpaired) electrons. The average molecular weight is 310 g/mol. The third-order valence-electron chi connectivity index (χ3n) is 7.18. The second-order valence-corrected chi connectivity index (χ2v) is 7.96. The van der Waals surface area contributed by atoms with Crippen LogP contribution in [0, 0.1) is 23.7 Å². The maximum atomic E-state index is 12.7. The molecule has 3 heteroatoms. The summed E-state index contributed by atoms with van der Waals surface area (Å²) in [4.78, 5) is 24.8. The monoisotopic (exact) mass is 310 g/mol. The molecule has 1 spiro atoms. The van der Waals surface area contributed by atoms with Crippen molar-refractivity contribution in [2.45, 2.75) is 50.5 Å². The number of hydrogen-bond acceptors (Lipinski definition) is 3. The van der Waals surface area contributed by atoms with Crippen molar-refractivity contribution in [3.05, 3.63) is 35.4 Å². The smallest absolute Gasteiger partial charge is 0.310 e. The molecule has 2 bridgehead atoms. The molecule has 3 fully saturated rings. The quantitative estimate of drug-likeness (QED) is 0.748. The Morgan fingerprint density at radius 1 is 1.22 bits per heavy atom. The minimum atomic E-state index is -0.471. The van der Waals surface area contributed by atoms with Crippen molar-refractivity contribution in [3.8, 4) is 0 Å². The summed E-state index contributed by atoms with van der Waals surface area (Å²) in [5.41, 5.74) is 2.30. The normalized spacial score (nSPS) is 43.3. The van der Waals surface area contributed by atoms with Crippen LogP contribution in [0.15, 0.2) is 24.3 Å². The van der Waals surface area contributed by atoms with Crippen LogP contribution in [0.3, 0.4) is 0 Å². The van der Waals surface area contributed by atoms with Crippen molar-refractivity contribution in [1.82, 2.24) is 0 Å². The summed E-state index contributed by atoms with van der Waals surface area (Å²) in [6.45, 7) is 1.67. The van der Waals surface area contributed by atoms with Gasteiger partial charge in [-0.15, -0.1) is 0 Å². The van der Waals surface area contributed by atoms with Crippen LogP contribution in [0.1, 0.15) is 49.7 Å². The van der Waals surface area contributed by atoms with E-state index in [4.69, 9.17) is 4.74 Å². The molecule has 3 aliphatic carbocycles. The molecule has 0 aromatic heterocycles. The molecular weight excluding hydrogens is 288 g/mol. The third-order valence-corrected chi connectivity index (χ3v) is 7.18. The van der Waals surface area contributed by atoms with E-state index in [1.54, 1.807) is 6.92 Å². The van der Waals surface area contributed by atoms with Gasteiger partial charge in [-0.2, -0.15) is 0 Å². The summed E-state index contributed by atoms with van der Waals surface area (Å²) in [6.07, 6.45) is 4.91. The first-order chi connectivity index (χ1) is 11.1. The van der Waals surface area contributed by atoms with Crippen molar-refractivity contribution in [3.63, 3.8) is 0 Å². The first kappa shape index (κ1) is 13.8. The van der Waals surface area contributed by atoms with Crippen LogP contribution >= 0.6 is 0 Å². The van der Waals surface area contributed by atoms with Gasteiger partial charge in [0, 0.05) is 18.3 Å². The summed E-state index contributed by atoms with van der Waals surface area (Å²) < 4.78 is 6.02. The number of fused-ring (bicyclic) bond motifs is 6. The maximum Gasteiger partial charge on any atom is 0.310 e. The van der Waals surface area contributed by atoms with E-state index in [-0.39, 0.29) is 23.6 Å². The van der Waals surface area contributed by atoms with Gasteiger partial charge < -0.3 is 4.74 Å². The Hall–Kier alpha value is -1.64. The maximum absolute atomic E-state index is 12.7. The van der Waals surface area contributed by atoms with Crippen LogP contribution in [-0.2, 0) is 20.7 Å². The molecule has 2 saturated carbocycles. The number of aryl methyl sites for hydroxylation is 1. The SMILES string of the molecule is CC(=O)[C@H]1CC[C@H]2[C@@H]3CCc4ccccc4[C@H]3[C@@H]3C[C@]12OC3=O. The van der Waals surface area contributed by atoms with Gasteiger partial charge in [0.25, 0.3) is 0 Å². The average Bonchev–Trinajstić information content (AvgIpc) is 3.06. The van der Waals surface area contributed by atoms with Crippen LogP contribution in [0.4, 0.5) is 0 Å². The topological polar surface area (TPSA) is 43.4 Å². The Morgan fingerprint density at radius 3 is 2.87 bits per heavy atom. The number of benzene rings is 1. The fraction of sp³-hybridized carbons (Fsp3) is 0.600. The van der Waals surface area contributed by atoms with Crippen LogP contribution < -0.4 is 0 Å². The highest BCUT2D eigenvalue weighted by molar-refractivity contribution is 5.84.